The number of allylic oxidation sites excluding steroid dienone is 1. The fraction of sp³-hybridized carbons (Fsp3) is 0.385. The molecule has 1 nitrogen and oxygen atoms in total. The largest absolute Gasteiger partial charge is 0.324 e. The van der Waals surface area contributed by atoms with Crippen molar-refractivity contribution in [2.75, 3.05) is 0 Å². The molecule has 82 valence electrons. The average molecular weight is 268 g/mol. The van der Waals surface area contributed by atoms with Crippen molar-refractivity contribution in [3.05, 3.63) is 46.0 Å². The third-order valence-electron chi connectivity index (χ3n) is 2.49. The molecule has 0 aliphatic heterocycles. The van der Waals surface area contributed by atoms with Gasteiger partial charge < -0.3 is 5.73 Å². The Bertz CT molecular complexity index is 358. The second-order valence-corrected chi connectivity index (χ2v) is 4.97. The Kier molecular flexibility index (Phi) is 4.55. The zero-order valence-corrected chi connectivity index (χ0v) is 11.0. The van der Waals surface area contributed by atoms with Gasteiger partial charge in [-0.3, -0.25) is 0 Å². The van der Waals surface area contributed by atoms with E-state index in [9.17, 15) is 0 Å². The Balaban J connectivity index is 2.69. The van der Waals surface area contributed by atoms with Crippen LogP contribution in [0, 0.1) is 6.92 Å². The molecule has 0 saturated heterocycles. The van der Waals surface area contributed by atoms with E-state index < -0.39 is 0 Å². The molecule has 0 aromatic heterocycles. The minimum Gasteiger partial charge on any atom is -0.324 e. The predicted molar refractivity (Wildman–Crippen MR) is 69.9 cm³/mol. The first kappa shape index (κ1) is 12.5. The molecular formula is C13H18BrN. The first-order chi connectivity index (χ1) is 7.00. The number of hydrogen-bond acceptors (Lipinski definition) is 1. The smallest absolute Gasteiger partial charge is 0.0298 e. The van der Waals surface area contributed by atoms with Crippen LogP contribution in [0.1, 0.15) is 36.9 Å². The lowest BCUT2D eigenvalue weighted by atomic mass is 9.99. The van der Waals surface area contributed by atoms with Crippen LogP contribution < -0.4 is 5.73 Å². The van der Waals surface area contributed by atoms with Crippen molar-refractivity contribution in [3.8, 4) is 0 Å². The van der Waals surface area contributed by atoms with Crippen LogP contribution >= 0.6 is 15.9 Å². The molecule has 1 rings (SSSR count). The lowest BCUT2D eigenvalue weighted by molar-refractivity contribution is 0.648. The van der Waals surface area contributed by atoms with Gasteiger partial charge in [-0.15, -0.1) is 6.58 Å². The van der Waals surface area contributed by atoms with E-state index in [0.717, 1.165) is 17.3 Å². The summed E-state index contributed by atoms with van der Waals surface area (Å²) in [7, 11) is 0. The Morgan fingerprint density at radius 1 is 1.53 bits per heavy atom. The fourth-order valence-electron chi connectivity index (χ4n) is 1.47. The van der Waals surface area contributed by atoms with Gasteiger partial charge in [0.25, 0.3) is 0 Å². The number of hydrogen-bond donors (Lipinski definition) is 1. The highest BCUT2D eigenvalue weighted by Gasteiger charge is 2.06. The standard InChI is InChI=1S/C13H18BrN/c1-9(2)4-7-13(15)11-5-6-12(14)10(3)8-11/h5-6,8,13H,1,4,7,15H2,2-3H3. The van der Waals surface area contributed by atoms with E-state index in [1.165, 1.54) is 16.7 Å². The second-order valence-electron chi connectivity index (χ2n) is 4.11. The third kappa shape index (κ3) is 3.80. The summed E-state index contributed by atoms with van der Waals surface area (Å²) in [5.74, 6) is 0. The van der Waals surface area contributed by atoms with E-state index in [0.29, 0.717) is 0 Å². The van der Waals surface area contributed by atoms with Crippen molar-refractivity contribution >= 4 is 15.9 Å². The molecule has 0 bridgehead atoms. The second kappa shape index (κ2) is 5.47. The van der Waals surface area contributed by atoms with E-state index in [-0.39, 0.29) is 6.04 Å². The average Bonchev–Trinajstić information content (AvgIpc) is 2.18. The molecule has 0 fully saturated rings. The predicted octanol–water partition coefficient (Wildman–Crippen LogP) is 4.11. The number of rotatable bonds is 4. The molecule has 0 spiro atoms. The van der Waals surface area contributed by atoms with Gasteiger partial charge in [-0.1, -0.05) is 33.6 Å². The Hall–Kier alpha value is -0.600. The minimum atomic E-state index is 0.119. The monoisotopic (exact) mass is 267 g/mol. The Morgan fingerprint density at radius 2 is 2.20 bits per heavy atom. The maximum absolute atomic E-state index is 6.11. The normalized spacial score (nSPS) is 12.5. The molecule has 1 unspecified atom stereocenters. The summed E-state index contributed by atoms with van der Waals surface area (Å²) in [4.78, 5) is 0. The van der Waals surface area contributed by atoms with Gasteiger partial charge in [0.05, 0.1) is 0 Å². The van der Waals surface area contributed by atoms with Crippen LogP contribution in [0.15, 0.2) is 34.8 Å². The Labute approximate surface area is 101 Å². The topological polar surface area (TPSA) is 26.0 Å². The summed E-state index contributed by atoms with van der Waals surface area (Å²) >= 11 is 3.49. The first-order valence-corrected chi connectivity index (χ1v) is 5.96. The molecule has 0 aliphatic rings. The summed E-state index contributed by atoms with van der Waals surface area (Å²) in [6.07, 6.45) is 1.96. The zero-order chi connectivity index (χ0) is 11.4. The highest BCUT2D eigenvalue weighted by atomic mass is 79.9. The number of benzene rings is 1. The molecule has 0 heterocycles. The summed E-state index contributed by atoms with van der Waals surface area (Å²) in [5, 5.41) is 0. The van der Waals surface area contributed by atoms with Crippen molar-refractivity contribution in [2.45, 2.75) is 32.7 Å². The van der Waals surface area contributed by atoms with Crippen LogP contribution in [0.3, 0.4) is 0 Å². The fourth-order valence-corrected chi connectivity index (χ4v) is 1.71. The van der Waals surface area contributed by atoms with E-state index in [1.807, 2.05) is 6.92 Å². The van der Waals surface area contributed by atoms with Gasteiger partial charge in [-0.2, -0.15) is 0 Å². The molecular weight excluding hydrogens is 250 g/mol. The van der Waals surface area contributed by atoms with E-state index in [1.54, 1.807) is 0 Å². The van der Waals surface area contributed by atoms with Crippen LogP contribution in [-0.2, 0) is 0 Å². The Morgan fingerprint density at radius 3 is 2.73 bits per heavy atom. The van der Waals surface area contributed by atoms with E-state index >= 15 is 0 Å². The quantitative estimate of drug-likeness (QED) is 0.817. The highest BCUT2D eigenvalue weighted by Crippen LogP contribution is 2.23. The lowest BCUT2D eigenvalue weighted by Gasteiger charge is -2.13. The molecule has 1 aromatic rings. The summed E-state index contributed by atoms with van der Waals surface area (Å²) in [5.41, 5.74) is 9.74. The van der Waals surface area contributed by atoms with Crippen molar-refractivity contribution in [3.63, 3.8) is 0 Å². The van der Waals surface area contributed by atoms with Crippen LogP contribution in [0.25, 0.3) is 0 Å². The lowest BCUT2D eigenvalue weighted by Crippen LogP contribution is -2.10. The first-order valence-electron chi connectivity index (χ1n) is 5.16. The third-order valence-corrected chi connectivity index (χ3v) is 3.38. The molecule has 1 aromatic carbocycles. The maximum atomic E-state index is 6.11. The SMILES string of the molecule is C=C(C)CCC(N)c1ccc(Br)c(C)c1. The van der Waals surface area contributed by atoms with E-state index in [4.69, 9.17) is 5.73 Å². The zero-order valence-electron chi connectivity index (χ0n) is 9.39. The molecule has 0 amide bonds. The van der Waals surface area contributed by atoms with E-state index in [2.05, 4.69) is 47.6 Å². The van der Waals surface area contributed by atoms with Crippen LogP contribution in [0.5, 0.6) is 0 Å². The molecule has 0 radical (unpaired) electrons. The number of aryl methyl sites for hydroxylation is 1. The van der Waals surface area contributed by atoms with Crippen molar-refractivity contribution in [2.24, 2.45) is 5.73 Å². The number of nitrogens with two attached hydrogens (primary N) is 1. The van der Waals surface area contributed by atoms with Gasteiger partial charge in [0, 0.05) is 10.5 Å². The minimum absolute atomic E-state index is 0.119. The summed E-state index contributed by atoms with van der Waals surface area (Å²) in [6.45, 7) is 8.01. The highest BCUT2D eigenvalue weighted by molar-refractivity contribution is 9.10. The molecule has 1 atom stereocenters. The summed E-state index contributed by atoms with van der Waals surface area (Å²) in [6, 6.07) is 6.41. The van der Waals surface area contributed by atoms with Crippen LogP contribution in [0.4, 0.5) is 0 Å². The van der Waals surface area contributed by atoms with Gasteiger partial charge >= 0.3 is 0 Å². The molecule has 0 saturated carbocycles. The van der Waals surface area contributed by atoms with Crippen molar-refractivity contribution in [1.82, 2.24) is 0 Å². The maximum Gasteiger partial charge on any atom is 0.0298 e. The summed E-state index contributed by atoms with van der Waals surface area (Å²) < 4.78 is 1.14. The van der Waals surface area contributed by atoms with Gasteiger partial charge in [-0.05, 0) is 43.9 Å². The van der Waals surface area contributed by atoms with Gasteiger partial charge in [0.15, 0.2) is 0 Å². The molecule has 15 heavy (non-hydrogen) atoms. The van der Waals surface area contributed by atoms with Crippen molar-refractivity contribution in [1.29, 1.82) is 0 Å². The molecule has 0 aliphatic carbocycles. The number of halogens is 1. The van der Waals surface area contributed by atoms with Gasteiger partial charge in [0.2, 0.25) is 0 Å². The molecule has 2 N–H and O–H groups in total. The van der Waals surface area contributed by atoms with Gasteiger partial charge in [-0.25, -0.2) is 0 Å². The van der Waals surface area contributed by atoms with Crippen molar-refractivity contribution < 1.29 is 0 Å². The molecule has 2 heteroatoms. The van der Waals surface area contributed by atoms with Crippen LogP contribution in [0.2, 0.25) is 0 Å². The van der Waals surface area contributed by atoms with Crippen LogP contribution in [-0.4, -0.2) is 0 Å². The van der Waals surface area contributed by atoms with Gasteiger partial charge in [0.1, 0.15) is 0 Å².